The lowest BCUT2D eigenvalue weighted by Crippen LogP contribution is -2.26. The van der Waals surface area contributed by atoms with Gasteiger partial charge >= 0.3 is 5.97 Å². The Morgan fingerprint density at radius 2 is 1.79 bits per heavy atom. The van der Waals surface area contributed by atoms with Crippen molar-refractivity contribution in [2.24, 2.45) is 0 Å². The smallest absolute Gasteiger partial charge is 0.344 e. The third-order valence-corrected chi connectivity index (χ3v) is 4.42. The number of aromatic nitrogens is 1. The zero-order chi connectivity index (χ0) is 21.0. The molecule has 1 amide bonds. The summed E-state index contributed by atoms with van der Waals surface area (Å²) in [7, 11) is 1.52. The van der Waals surface area contributed by atoms with E-state index in [2.05, 4.69) is 10.5 Å². The second-order valence-corrected chi connectivity index (χ2v) is 6.59. The third-order valence-electron chi connectivity index (χ3n) is 4.42. The Morgan fingerprint density at radius 3 is 2.41 bits per heavy atom. The summed E-state index contributed by atoms with van der Waals surface area (Å²) in [5.74, 6) is -0.338. The normalized spacial score (nSPS) is 11.6. The Hall–Kier alpha value is -3.61. The molecule has 3 rings (SSSR count). The number of carbonyl (C=O) groups is 2. The van der Waals surface area contributed by atoms with Gasteiger partial charge in [-0.05, 0) is 38.5 Å². The van der Waals surface area contributed by atoms with Crippen LogP contribution in [-0.2, 0) is 9.53 Å². The van der Waals surface area contributed by atoms with Gasteiger partial charge in [-0.2, -0.15) is 0 Å². The molecule has 0 aliphatic heterocycles. The molecule has 0 aliphatic rings. The van der Waals surface area contributed by atoms with Gasteiger partial charge in [0.25, 0.3) is 5.91 Å². The number of nitrogens with one attached hydrogen (secondary N) is 1. The summed E-state index contributed by atoms with van der Waals surface area (Å²) >= 11 is 0. The fourth-order valence-corrected chi connectivity index (χ4v) is 2.96. The highest BCUT2D eigenvalue weighted by molar-refractivity contribution is 5.99. The topological polar surface area (TPSA) is 90.7 Å². The second kappa shape index (κ2) is 8.60. The summed E-state index contributed by atoms with van der Waals surface area (Å²) in [5.41, 5.74) is 2.60. The molecule has 7 heteroatoms. The quantitative estimate of drug-likeness (QED) is 0.632. The van der Waals surface area contributed by atoms with E-state index in [1.807, 2.05) is 19.1 Å². The molecule has 150 valence electrons. The summed E-state index contributed by atoms with van der Waals surface area (Å²) in [5, 5.41) is 6.57. The van der Waals surface area contributed by atoms with Crippen molar-refractivity contribution in [2.75, 3.05) is 12.4 Å². The van der Waals surface area contributed by atoms with E-state index >= 15 is 0 Å². The number of anilines is 1. The van der Waals surface area contributed by atoms with Crippen molar-refractivity contribution in [3.8, 4) is 5.75 Å². The molecule has 1 N–H and O–H groups in total. The van der Waals surface area contributed by atoms with E-state index < -0.39 is 18.0 Å². The van der Waals surface area contributed by atoms with Crippen LogP contribution in [0.15, 0.2) is 53.1 Å². The first-order chi connectivity index (χ1) is 13.9. The molecule has 0 saturated carbocycles. The van der Waals surface area contributed by atoms with Crippen LogP contribution in [0.1, 0.15) is 39.0 Å². The number of esters is 1. The van der Waals surface area contributed by atoms with Gasteiger partial charge in [-0.15, -0.1) is 0 Å². The minimum atomic E-state index is -1.16. The van der Waals surface area contributed by atoms with Crippen LogP contribution in [0.4, 0.5) is 5.69 Å². The monoisotopic (exact) mass is 394 g/mol. The van der Waals surface area contributed by atoms with Crippen molar-refractivity contribution in [1.82, 2.24) is 5.16 Å². The van der Waals surface area contributed by atoms with Crippen LogP contribution in [0.3, 0.4) is 0 Å². The van der Waals surface area contributed by atoms with Gasteiger partial charge < -0.3 is 19.3 Å². The molecule has 29 heavy (non-hydrogen) atoms. The standard InChI is InChI=1S/C22H22N2O5/c1-13-10-11-18(27-4)17(12-13)23-21(25)20(16-8-6-5-7-9-16)28-22(26)19-14(2)24-29-15(19)3/h5-12,20H,1-4H3,(H,23,25)/t20-/m0/s1. The van der Waals surface area contributed by atoms with Crippen LogP contribution in [0, 0.1) is 20.8 Å². The number of carbonyl (C=O) groups excluding carboxylic acids is 2. The van der Waals surface area contributed by atoms with Gasteiger partial charge in [-0.1, -0.05) is 41.6 Å². The van der Waals surface area contributed by atoms with Crippen LogP contribution in [-0.4, -0.2) is 24.1 Å². The average molecular weight is 394 g/mol. The summed E-state index contributed by atoms with van der Waals surface area (Å²) in [6.45, 7) is 5.16. The van der Waals surface area contributed by atoms with Gasteiger partial charge in [0.05, 0.1) is 18.5 Å². The molecule has 1 heterocycles. The summed E-state index contributed by atoms with van der Waals surface area (Å²) in [6.07, 6.45) is -1.16. The number of benzene rings is 2. The van der Waals surface area contributed by atoms with Crippen LogP contribution in [0.25, 0.3) is 0 Å². The van der Waals surface area contributed by atoms with Crippen molar-refractivity contribution in [2.45, 2.75) is 26.9 Å². The van der Waals surface area contributed by atoms with E-state index in [0.29, 0.717) is 28.5 Å². The maximum Gasteiger partial charge on any atom is 0.344 e. The Bertz CT molecular complexity index is 1010. The molecule has 0 radical (unpaired) electrons. The Kier molecular flexibility index (Phi) is 5.97. The van der Waals surface area contributed by atoms with Gasteiger partial charge in [-0.3, -0.25) is 4.79 Å². The number of amides is 1. The molecule has 1 atom stereocenters. The lowest BCUT2D eigenvalue weighted by atomic mass is 10.1. The Labute approximate surface area is 168 Å². The Morgan fingerprint density at radius 1 is 1.07 bits per heavy atom. The predicted molar refractivity (Wildman–Crippen MR) is 107 cm³/mol. The van der Waals surface area contributed by atoms with Crippen LogP contribution >= 0.6 is 0 Å². The van der Waals surface area contributed by atoms with Gasteiger partial charge in [0.15, 0.2) is 0 Å². The minimum absolute atomic E-state index is 0.215. The minimum Gasteiger partial charge on any atom is -0.495 e. The number of ether oxygens (including phenoxy) is 2. The molecule has 0 fully saturated rings. The van der Waals surface area contributed by atoms with Crippen LogP contribution in [0.5, 0.6) is 5.75 Å². The molecular weight excluding hydrogens is 372 g/mol. The van der Waals surface area contributed by atoms with Crippen molar-refractivity contribution in [3.05, 3.63) is 76.7 Å². The molecule has 0 saturated heterocycles. The van der Waals surface area contributed by atoms with E-state index in [9.17, 15) is 9.59 Å². The molecule has 2 aromatic carbocycles. The number of nitrogens with zero attached hydrogens (tertiary/aromatic N) is 1. The molecule has 1 aromatic heterocycles. The number of methoxy groups -OCH3 is 1. The zero-order valence-electron chi connectivity index (χ0n) is 16.7. The first-order valence-corrected chi connectivity index (χ1v) is 9.05. The molecular formula is C22H22N2O5. The van der Waals surface area contributed by atoms with E-state index in [-0.39, 0.29) is 5.56 Å². The summed E-state index contributed by atoms with van der Waals surface area (Å²) in [4.78, 5) is 25.8. The molecule has 0 spiro atoms. The Balaban J connectivity index is 1.91. The number of hydrogen-bond acceptors (Lipinski definition) is 6. The molecule has 7 nitrogen and oxygen atoms in total. The lowest BCUT2D eigenvalue weighted by molar-refractivity contribution is -0.125. The molecule has 3 aromatic rings. The predicted octanol–water partition coefficient (Wildman–Crippen LogP) is 4.15. The van der Waals surface area contributed by atoms with Gasteiger partial charge in [-0.25, -0.2) is 4.79 Å². The molecule has 0 unspecified atom stereocenters. The lowest BCUT2D eigenvalue weighted by Gasteiger charge is -2.19. The van der Waals surface area contributed by atoms with Crippen molar-refractivity contribution >= 4 is 17.6 Å². The van der Waals surface area contributed by atoms with Crippen molar-refractivity contribution in [1.29, 1.82) is 0 Å². The summed E-state index contributed by atoms with van der Waals surface area (Å²) < 4.78 is 15.9. The fourth-order valence-electron chi connectivity index (χ4n) is 2.96. The van der Waals surface area contributed by atoms with E-state index in [4.69, 9.17) is 14.0 Å². The van der Waals surface area contributed by atoms with Crippen LogP contribution < -0.4 is 10.1 Å². The maximum atomic E-state index is 13.1. The molecule has 0 bridgehead atoms. The second-order valence-electron chi connectivity index (χ2n) is 6.59. The third kappa shape index (κ3) is 4.45. The van der Waals surface area contributed by atoms with Gasteiger partial charge in [0, 0.05) is 5.56 Å². The highest BCUT2D eigenvalue weighted by Crippen LogP contribution is 2.28. The van der Waals surface area contributed by atoms with E-state index in [1.54, 1.807) is 50.2 Å². The van der Waals surface area contributed by atoms with Gasteiger partial charge in [0.1, 0.15) is 17.1 Å². The molecule has 0 aliphatic carbocycles. The van der Waals surface area contributed by atoms with E-state index in [0.717, 1.165) is 5.56 Å². The summed E-state index contributed by atoms with van der Waals surface area (Å²) in [6, 6.07) is 14.2. The van der Waals surface area contributed by atoms with Crippen LogP contribution in [0.2, 0.25) is 0 Å². The highest BCUT2D eigenvalue weighted by atomic mass is 16.6. The maximum absolute atomic E-state index is 13.1. The SMILES string of the molecule is COc1ccc(C)cc1NC(=O)[C@@H](OC(=O)c1c(C)noc1C)c1ccccc1. The van der Waals surface area contributed by atoms with Gasteiger partial charge in [0.2, 0.25) is 6.10 Å². The average Bonchev–Trinajstić information content (AvgIpc) is 3.05. The van der Waals surface area contributed by atoms with Crippen molar-refractivity contribution < 1.29 is 23.6 Å². The first kappa shape index (κ1) is 20.1. The number of aryl methyl sites for hydroxylation is 3. The number of rotatable bonds is 6. The highest BCUT2D eigenvalue weighted by Gasteiger charge is 2.29. The van der Waals surface area contributed by atoms with Crippen molar-refractivity contribution in [3.63, 3.8) is 0 Å². The first-order valence-electron chi connectivity index (χ1n) is 9.05. The largest absolute Gasteiger partial charge is 0.495 e. The zero-order valence-corrected chi connectivity index (χ0v) is 16.7. The van der Waals surface area contributed by atoms with E-state index in [1.165, 1.54) is 7.11 Å². The number of hydrogen-bond donors (Lipinski definition) is 1. The fraction of sp³-hybridized carbons (Fsp3) is 0.227.